The molecule has 1 aliphatic rings. The van der Waals surface area contributed by atoms with Crippen LogP contribution in [0.25, 0.3) is 0 Å². The number of halogens is 1. The standard InChI is InChI=1S/C9H10ClNO/c10-8-4-6(12)5-9-7(8)2-1-3-11-9/h4-5,11-12H,1-3H2. The first kappa shape index (κ1) is 7.74. The Morgan fingerprint density at radius 3 is 3.08 bits per heavy atom. The predicted molar refractivity (Wildman–Crippen MR) is 49.9 cm³/mol. The summed E-state index contributed by atoms with van der Waals surface area (Å²) in [6.07, 6.45) is 2.11. The average molecular weight is 184 g/mol. The monoisotopic (exact) mass is 183 g/mol. The van der Waals surface area contributed by atoms with Crippen molar-refractivity contribution in [3.8, 4) is 5.75 Å². The third kappa shape index (κ3) is 1.23. The van der Waals surface area contributed by atoms with Gasteiger partial charge in [0.2, 0.25) is 0 Å². The summed E-state index contributed by atoms with van der Waals surface area (Å²) in [5.74, 6) is 0.230. The van der Waals surface area contributed by atoms with Gasteiger partial charge >= 0.3 is 0 Å². The molecule has 0 saturated heterocycles. The second-order valence-corrected chi connectivity index (χ2v) is 3.39. The van der Waals surface area contributed by atoms with Crippen molar-refractivity contribution in [2.45, 2.75) is 12.8 Å². The fourth-order valence-electron chi connectivity index (χ4n) is 1.52. The maximum absolute atomic E-state index is 9.24. The molecule has 12 heavy (non-hydrogen) atoms. The number of aromatic hydroxyl groups is 1. The predicted octanol–water partition coefficient (Wildman–Crippen LogP) is 2.40. The van der Waals surface area contributed by atoms with E-state index in [1.807, 2.05) is 0 Å². The SMILES string of the molecule is Oc1cc(Cl)c2c(c1)NCCC2. The molecule has 1 aromatic carbocycles. The van der Waals surface area contributed by atoms with Crippen LogP contribution in [0.15, 0.2) is 12.1 Å². The second kappa shape index (κ2) is 2.87. The number of phenolic OH excluding ortho intramolecular Hbond substituents is 1. The molecule has 1 aromatic rings. The lowest BCUT2D eigenvalue weighted by atomic mass is 10.0. The van der Waals surface area contributed by atoms with Crippen LogP contribution in [0.2, 0.25) is 5.02 Å². The summed E-state index contributed by atoms with van der Waals surface area (Å²) >= 11 is 5.95. The minimum atomic E-state index is 0.230. The molecule has 0 aromatic heterocycles. The molecule has 0 atom stereocenters. The highest BCUT2D eigenvalue weighted by molar-refractivity contribution is 6.32. The van der Waals surface area contributed by atoms with E-state index < -0.39 is 0 Å². The highest BCUT2D eigenvalue weighted by Crippen LogP contribution is 2.32. The summed E-state index contributed by atoms with van der Waals surface area (Å²) in [6.45, 7) is 0.965. The Morgan fingerprint density at radius 2 is 2.25 bits per heavy atom. The van der Waals surface area contributed by atoms with Gasteiger partial charge in [-0.3, -0.25) is 0 Å². The van der Waals surface area contributed by atoms with Gasteiger partial charge in [0.05, 0.1) is 0 Å². The van der Waals surface area contributed by atoms with Crippen LogP contribution < -0.4 is 5.32 Å². The van der Waals surface area contributed by atoms with Crippen molar-refractivity contribution in [3.63, 3.8) is 0 Å². The molecule has 0 radical (unpaired) electrons. The lowest BCUT2D eigenvalue weighted by Gasteiger charge is -2.18. The molecule has 0 amide bonds. The Hall–Kier alpha value is -0.890. The van der Waals surface area contributed by atoms with Gasteiger partial charge in [0.15, 0.2) is 0 Å². The van der Waals surface area contributed by atoms with E-state index >= 15 is 0 Å². The highest BCUT2D eigenvalue weighted by atomic mass is 35.5. The van der Waals surface area contributed by atoms with Gasteiger partial charge in [-0.25, -0.2) is 0 Å². The van der Waals surface area contributed by atoms with Gasteiger partial charge in [-0.2, -0.15) is 0 Å². The van der Waals surface area contributed by atoms with Crippen molar-refractivity contribution < 1.29 is 5.11 Å². The molecule has 0 saturated carbocycles. The van der Waals surface area contributed by atoms with E-state index in [2.05, 4.69) is 5.32 Å². The number of nitrogens with one attached hydrogen (secondary N) is 1. The van der Waals surface area contributed by atoms with Crippen molar-refractivity contribution in [1.29, 1.82) is 0 Å². The molecule has 1 aliphatic heterocycles. The molecule has 0 fully saturated rings. The summed E-state index contributed by atoms with van der Waals surface area (Å²) in [5.41, 5.74) is 2.10. The molecular formula is C9H10ClNO. The number of hydrogen-bond acceptors (Lipinski definition) is 2. The van der Waals surface area contributed by atoms with Gasteiger partial charge in [-0.05, 0) is 24.5 Å². The fourth-order valence-corrected chi connectivity index (χ4v) is 1.83. The molecule has 2 N–H and O–H groups in total. The Labute approximate surface area is 76.2 Å². The van der Waals surface area contributed by atoms with Gasteiger partial charge in [0.1, 0.15) is 5.75 Å². The molecule has 0 spiro atoms. The lowest BCUT2D eigenvalue weighted by Crippen LogP contribution is -2.11. The van der Waals surface area contributed by atoms with Crippen LogP contribution in [0, 0.1) is 0 Å². The largest absolute Gasteiger partial charge is 0.508 e. The average Bonchev–Trinajstić information content (AvgIpc) is 2.04. The second-order valence-electron chi connectivity index (χ2n) is 2.98. The van der Waals surface area contributed by atoms with Gasteiger partial charge in [0.25, 0.3) is 0 Å². The van der Waals surface area contributed by atoms with Gasteiger partial charge in [0, 0.05) is 23.3 Å². The summed E-state index contributed by atoms with van der Waals surface area (Å²) in [6, 6.07) is 3.31. The van der Waals surface area contributed by atoms with Crippen LogP contribution in [0.4, 0.5) is 5.69 Å². The number of benzene rings is 1. The summed E-state index contributed by atoms with van der Waals surface area (Å²) in [4.78, 5) is 0. The first-order valence-electron chi connectivity index (χ1n) is 4.02. The molecular weight excluding hydrogens is 174 g/mol. The van der Waals surface area contributed by atoms with Gasteiger partial charge < -0.3 is 10.4 Å². The van der Waals surface area contributed by atoms with E-state index in [0.717, 1.165) is 30.6 Å². The van der Waals surface area contributed by atoms with E-state index in [0.29, 0.717) is 5.02 Å². The number of fused-ring (bicyclic) bond motifs is 1. The van der Waals surface area contributed by atoms with E-state index in [1.165, 1.54) is 0 Å². The number of anilines is 1. The molecule has 0 unspecified atom stereocenters. The lowest BCUT2D eigenvalue weighted by molar-refractivity contribution is 0.475. The minimum Gasteiger partial charge on any atom is -0.508 e. The van der Waals surface area contributed by atoms with Crippen LogP contribution in [-0.4, -0.2) is 11.7 Å². The van der Waals surface area contributed by atoms with Crippen LogP contribution in [0.3, 0.4) is 0 Å². The normalized spacial score (nSPS) is 15.1. The Bertz CT molecular complexity index is 312. The Kier molecular flexibility index (Phi) is 1.85. The van der Waals surface area contributed by atoms with Crippen molar-refractivity contribution in [2.75, 3.05) is 11.9 Å². The van der Waals surface area contributed by atoms with Crippen LogP contribution in [0.5, 0.6) is 5.75 Å². The van der Waals surface area contributed by atoms with Gasteiger partial charge in [-0.15, -0.1) is 0 Å². The summed E-state index contributed by atoms with van der Waals surface area (Å²) in [5, 5.41) is 13.1. The van der Waals surface area contributed by atoms with Gasteiger partial charge in [-0.1, -0.05) is 11.6 Å². The molecule has 1 heterocycles. The topological polar surface area (TPSA) is 32.3 Å². The van der Waals surface area contributed by atoms with E-state index in [9.17, 15) is 5.11 Å². The molecule has 64 valence electrons. The first-order chi connectivity index (χ1) is 5.77. The van der Waals surface area contributed by atoms with E-state index in [4.69, 9.17) is 11.6 Å². The first-order valence-corrected chi connectivity index (χ1v) is 4.40. The van der Waals surface area contributed by atoms with Crippen LogP contribution in [0.1, 0.15) is 12.0 Å². The highest BCUT2D eigenvalue weighted by Gasteiger charge is 2.12. The Morgan fingerprint density at radius 1 is 1.42 bits per heavy atom. The zero-order valence-electron chi connectivity index (χ0n) is 6.60. The van der Waals surface area contributed by atoms with Crippen LogP contribution in [-0.2, 0) is 6.42 Å². The zero-order chi connectivity index (χ0) is 8.55. The maximum atomic E-state index is 9.24. The molecule has 2 nitrogen and oxygen atoms in total. The third-order valence-electron chi connectivity index (χ3n) is 2.10. The Balaban J connectivity index is 2.53. The zero-order valence-corrected chi connectivity index (χ0v) is 7.36. The van der Waals surface area contributed by atoms with Crippen molar-refractivity contribution >= 4 is 17.3 Å². The van der Waals surface area contributed by atoms with Crippen molar-refractivity contribution in [1.82, 2.24) is 0 Å². The molecule has 0 bridgehead atoms. The molecule has 3 heteroatoms. The smallest absolute Gasteiger partial charge is 0.119 e. The summed E-state index contributed by atoms with van der Waals surface area (Å²) in [7, 11) is 0. The van der Waals surface area contributed by atoms with Crippen LogP contribution >= 0.6 is 11.6 Å². The van der Waals surface area contributed by atoms with E-state index in [-0.39, 0.29) is 5.75 Å². The molecule has 2 rings (SSSR count). The van der Waals surface area contributed by atoms with E-state index in [1.54, 1.807) is 12.1 Å². The maximum Gasteiger partial charge on any atom is 0.119 e. The number of hydrogen-bond donors (Lipinski definition) is 2. The quantitative estimate of drug-likeness (QED) is 0.648. The fraction of sp³-hybridized carbons (Fsp3) is 0.333. The summed E-state index contributed by atoms with van der Waals surface area (Å²) < 4.78 is 0. The molecule has 0 aliphatic carbocycles. The van der Waals surface area contributed by atoms with Crippen molar-refractivity contribution in [2.24, 2.45) is 0 Å². The minimum absolute atomic E-state index is 0.230. The third-order valence-corrected chi connectivity index (χ3v) is 2.44. The van der Waals surface area contributed by atoms with Crippen molar-refractivity contribution in [3.05, 3.63) is 22.7 Å². The number of rotatable bonds is 0. The number of phenols is 1.